The van der Waals surface area contributed by atoms with Gasteiger partial charge in [-0.05, 0) is 96.3 Å². The maximum Gasteiger partial charge on any atom is 0.317 e. The van der Waals surface area contributed by atoms with Crippen LogP contribution in [0.2, 0.25) is 0 Å². The number of hydrogen-bond donors (Lipinski definition) is 2. The van der Waals surface area contributed by atoms with Gasteiger partial charge in [-0.15, -0.1) is 0 Å². The Morgan fingerprint density at radius 1 is 1.25 bits per heavy atom. The molecule has 2 heterocycles. The second-order valence-corrected chi connectivity index (χ2v) is 11.8. The third-order valence-corrected chi connectivity index (χ3v) is 8.11. The first kappa shape index (κ1) is 23.4. The SMILES string of the molecule is CN1CCC2(C)c3cc(O)ccc3C[C@@H]1[C@@H]2N(C)CC1CCN(C(=O)NC(C)(C)C)CC1. The molecule has 6 heteroatoms. The molecule has 2 N–H and O–H groups in total. The summed E-state index contributed by atoms with van der Waals surface area (Å²) in [6.07, 6.45) is 4.27. The van der Waals surface area contributed by atoms with Crippen molar-refractivity contribution in [3.05, 3.63) is 29.3 Å². The Bertz CT molecular complexity index is 843. The summed E-state index contributed by atoms with van der Waals surface area (Å²) in [4.78, 5) is 19.6. The first-order valence-corrected chi connectivity index (χ1v) is 12.3. The van der Waals surface area contributed by atoms with E-state index in [1.165, 1.54) is 11.1 Å². The summed E-state index contributed by atoms with van der Waals surface area (Å²) in [5, 5.41) is 13.3. The van der Waals surface area contributed by atoms with E-state index in [1.807, 2.05) is 37.8 Å². The van der Waals surface area contributed by atoms with Crippen molar-refractivity contribution in [3.63, 3.8) is 0 Å². The number of nitrogens with zero attached hydrogens (tertiary/aromatic N) is 3. The second-order valence-electron chi connectivity index (χ2n) is 11.8. The molecule has 0 spiro atoms. The lowest BCUT2D eigenvalue weighted by molar-refractivity contribution is -0.00677. The standard InChI is InChI=1S/C26H42N4O2/c1-25(2,3)27-24(32)30-12-9-18(10-13-30)17-29(6)23-22-15-19-7-8-20(31)16-21(19)26(23,4)11-14-28(22)5/h7-8,16,18,22-23,31H,9-15,17H2,1-6H3,(H,27,32)/t22-,23+,26?/m1/s1. The number of likely N-dealkylation sites (N-methyl/N-ethyl adjacent to an activating group) is 2. The number of carbonyl (C=O) groups excluding carboxylic acids is 1. The summed E-state index contributed by atoms with van der Waals surface area (Å²) >= 11 is 0. The maximum atomic E-state index is 12.5. The van der Waals surface area contributed by atoms with Gasteiger partial charge in [0.2, 0.25) is 0 Å². The molecule has 2 aliphatic heterocycles. The summed E-state index contributed by atoms with van der Waals surface area (Å²) in [5.74, 6) is 0.989. The molecule has 0 aromatic heterocycles. The van der Waals surface area contributed by atoms with Crippen LogP contribution in [0.3, 0.4) is 0 Å². The van der Waals surface area contributed by atoms with Gasteiger partial charge in [0.05, 0.1) is 0 Å². The molecule has 2 fully saturated rings. The highest BCUT2D eigenvalue weighted by Crippen LogP contribution is 2.47. The second kappa shape index (κ2) is 8.53. The van der Waals surface area contributed by atoms with Gasteiger partial charge in [-0.3, -0.25) is 0 Å². The summed E-state index contributed by atoms with van der Waals surface area (Å²) in [6, 6.07) is 6.97. The monoisotopic (exact) mass is 442 g/mol. The van der Waals surface area contributed by atoms with Crippen LogP contribution in [-0.4, -0.2) is 83.7 Å². The first-order chi connectivity index (χ1) is 15.0. The fourth-order valence-electron chi connectivity index (χ4n) is 6.47. The number of carbonyl (C=O) groups is 1. The van der Waals surface area contributed by atoms with Crippen LogP contribution >= 0.6 is 0 Å². The zero-order valence-corrected chi connectivity index (χ0v) is 20.8. The molecule has 178 valence electrons. The highest BCUT2D eigenvalue weighted by Gasteiger charge is 2.51. The lowest BCUT2D eigenvalue weighted by Crippen LogP contribution is -2.66. The number of hydrogen-bond acceptors (Lipinski definition) is 4. The molecule has 32 heavy (non-hydrogen) atoms. The van der Waals surface area contributed by atoms with Crippen molar-refractivity contribution in [1.82, 2.24) is 20.0 Å². The first-order valence-electron chi connectivity index (χ1n) is 12.3. The minimum Gasteiger partial charge on any atom is -0.508 e. The van der Waals surface area contributed by atoms with Crippen molar-refractivity contribution in [3.8, 4) is 5.75 Å². The number of phenolic OH excluding ortho intramolecular Hbond substituents is 1. The summed E-state index contributed by atoms with van der Waals surface area (Å²) < 4.78 is 0. The Hall–Kier alpha value is -1.79. The summed E-state index contributed by atoms with van der Waals surface area (Å²) in [5.41, 5.74) is 2.59. The van der Waals surface area contributed by atoms with E-state index in [0.717, 1.165) is 51.9 Å². The van der Waals surface area contributed by atoms with Crippen LogP contribution in [0, 0.1) is 5.92 Å². The van der Waals surface area contributed by atoms with Gasteiger partial charge in [0.15, 0.2) is 0 Å². The van der Waals surface area contributed by atoms with Crippen LogP contribution in [0.4, 0.5) is 4.79 Å². The van der Waals surface area contributed by atoms with E-state index < -0.39 is 0 Å². The third-order valence-electron chi connectivity index (χ3n) is 8.11. The number of rotatable bonds is 3. The fraction of sp³-hybridized carbons (Fsp3) is 0.731. The van der Waals surface area contributed by atoms with E-state index in [1.54, 1.807) is 0 Å². The molecule has 1 unspecified atom stereocenters. The van der Waals surface area contributed by atoms with Crippen molar-refractivity contribution in [2.24, 2.45) is 5.92 Å². The highest BCUT2D eigenvalue weighted by atomic mass is 16.3. The number of nitrogens with one attached hydrogen (secondary N) is 1. The Labute approximate surface area is 193 Å². The van der Waals surface area contributed by atoms with Crippen LogP contribution in [0.1, 0.15) is 58.1 Å². The van der Waals surface area contributed by atoms with Crippen molar-refractivity contribution in [2.75, 3.05) is 40.3 Å². The van der Waals surface area contributed by atoms with Crippen molar-refractivity contribution < 1.29 is 9.90 Å². The molecular weight excluding hydrogens is 400 g/mol. The van der Waals surface area contributed by atoms with E-state index in [-0.39, 0.29) is 17.0 Å². The molecule has 2 saturated heterocycles. The van der Waals surface area contributed by atoms with Crippen molar-refractivity contribution in [2.45, 2.75) is 76.4 Å². The number of piperidine rings is 2. The average Bonchev–Trinajstić information content (AvgIpc) is 2.71. The summed E-state index contributed by atoms with van der Waals surface area (Å²) in [6.45, 7) is 12.3. The Morgan fingerprint density at radius 2 is 1.94 bits per heavy atom. The van der Waals surface area contributed by atoms with Gasteiger partial charge in [0.1, 0.15) is 5.75 Å². The third kappa shape index (κ3) is 4.49. The minimum absolute atomic E-state index is 0.0472. The topological polar surface area (TPSA) is 59.1 Å². The molecule has 1 aromatic carbocycles. The lowest BCUT2D eigenvalue weighted by atomic mass is 9.61. The van der Waals surface area contributed by atoms with Crippen molar-refractivity contribution in [1.29, 1.82) is 0 Å². The lowest BCUT2D eigenvalue weighted by Gasteiger charge is -2.58. The van der Waals surface area contributed by atoms with Crippen LogP contribution in [0.5, 0.6) is 5.75 Å². The molecular formula is C26H42N4O2. The van der Waals surface area contributed by atoms with Gasteiger partial charge in [-0.2, -0.15) is 0 Å². The van der Waals surface area contributed by atoms with E-state index >= 15 is 0 Å². The van der Waals surface area contributed by atoms with Gasteiger partial charge >= 0.3 is 6.03 Å². The largest absolute Gasteiger partial charge is 0.508 e. The van der Waals surface area contributed by atoms with Gasteiger partial charge in [0, 0.05) is 42.7 Å². The zero-order chi connectivity index (χ0) is 23.3. The zero-order valence-electron chi connectivity index (χ0n) is 20.8. The Balaban J connectivity index is 1.44. The van der Waals surface area contributed by atoms with Crippen LogP contribution < -0.4 is 5.32 Å². The molecule has 6 nitrogen and oxygen atoms in total. The Kier molecular flexibility index (Phi) is 6.23. The van der Waals surface area contributed by atoms with E-state index in [2.05, 4.69) is 42.2 Å². The highest BCUT2D eigenvalue weighted by molar-refractivity contribution is 5.75. The van der Waals surface area contributed by atoms with Gasteiger partial charge in [0.25, 0.3) is 0 Å². The molecule has 0 radical (unpaired) electrons. The predicted octanol–water partition coefficient (Wildman–Crippen LogP) is 3.43. The fourth-order valence-corrected chi connectivity index (χ4v) is 6.47. The number of aromatic hydroxyl groups is 1. The normalized spacial score (nSPS) is 29.2. The molecule has 0 saturated carbocycles. The molecule has 3 atom stereocenters. The molecule has 1 aromatic rings. The van der Waals surface area contributed by atoms with Crippen LogP contribution in [-0.2, 0) is 11.8 Å². The number of phenols is 1. The van der Waals surface area contributed by atoms with Crippen LogP contribution in [0.15, 0.2) is 18.2 Å². The molecule has 1 aliphatic carbocycles. The Morgan fingerprint density at radius 3 is 2.59 bits per heavy atom. The number of amides is 2. The quantitative estimate of drug-likeness (QED) is 0.753. The van der Waals surface area contributed by atoms with Gasteiger partial charge in [-0.1, -0.05) is 13.0 Å². The van der Waals surface area contributed by atoms with E-state index in [0.29, 0.717) is 23.8 Å². The van der Waals surface area contributed by atoms with E-state index in [4.69, 9.17) is 0 Å². The number of fused-ring (bicyclic) bond motifs is 4. The minimum atomic E-state index is -0.195. The van der Waals surface area contributed by atoms with Gasteiger partial charge in [-0.25, -0.2) is 4.79 Å². The average molecular weight is 443 g/mol. The number of likely N-dealkylation sites (tertiary alicyclic amines) is 2. The van der Waals surface area contributed by atoms with Gasteiger partial charge < -0.3 is 25.1 Å². The van der Waals surface area contributed by atoms with Crippen molar-refractivity contribution >= 4 is 6.03 Å². The molecule has 2 bridgehead atoms. The van der Waals surface area contributed by atoms with E-state index in [9.17, 15) is 9.90 Å². The summed E-state index contributed by atoms with van der Waals surface area (Å²) in [7, 11) is 4.56. The number of urea groups is 1. The predicted molar refractivity (Wildman–Crippen MR) is 129 cm³/mol. The molecule has 2 amide bonds. The molecule has 4 rings (SSSR count). The molecule has 3 aliphatic rings. The van der Waals surface area contributed by atoms with Crippen LogP contribution in [0.25, 0.3) is 0 Å². The maximum absolute atomic E-state index is 12.5. The number of benzene rings is 1. The smallest absolute Gasteiger partial charge is 0.317 e.